The van der Waals surface area contributed by atoms with Crippen LogP contribution in [-0.2, 0) is 17.8 Å². The number of carbonyl (C=O) groups is 1. The summed E-state index contributed by atoms with van der Waals surface area (Å²) in [6.07, 6.45) is 2.71. The Balaban J connectivity index is 1.84. The van der Waals surface area contributed by atoms with Crippen molar-refractivity contribution in [3.05, 3.63) is 80.0 Å². The van der Waals surface area contributed by atoms with Crippen LogP contribution in [0.3, 0.4) is 0 Å². The van der Waals surface area contributed by atoms with Crippen LogP contribution in [0, 0.1) is 13.8 Å². The predicted octanol–water partition coefficient (Wildman–Crippen LogP) is 4.15. The van der Waals surface area contributed by atoms with E-state index in [1.165, 1.54) is 27.7 Å². The first kappa shape index (κ1) is 23.0. The molecule has 1 amide bonds. The summed E-state index contributed by atoms with van der Waals surface area (Å²) >= 11 is 2.62. The van der Waals surface area contributed by atoms with E-state index in [2.05, 4.69) is 10.3 Å². The Hall–Kier alpha value is -3.17. The molecule has 0 aliphatic carbocycles. The molecule has 0 unspecified atom stereocenters. The number of aromatic nitrogens is 3. The van der Waals surface area contributed by atoms with Crippen molar-refractivity contribution in [3.63, 3.8) is 0 Å². The number of thiazole rings is 1. The summed E-state index contributed by atoms with van der Waals surface area (Å²) in [5.41, 5.74) is 3.36. The van der Waals surface area contributed by atoms with Gasteiger partial charge in [-0.25, -0.2) is 14.3 Å². The molecule has 0 saturated carbocycles. The lowest BCUT2D eigenvalue weighted by Gasteiger charge is -2.14. The quantitative estimate of drug-likeness (QED) is 0.419. The summed E-state index contributed by atoms with van der Waals surface area (Å²) in [6, 6.07) is 13.0. The van der Waals surface area contributed by atoms with E-state index in [0.29, 0.717) is 14.7 Å². The Morgan fingerprint density at radius 1 is 1.09 bits per heavy atom. The molecule has 2 aromatic heterocycles. The molecule has 0 atom stereocenters. The highest BCUT2D eigenvalue weighted by molar-refractivity contribution is 8.00. The maximum Gasteiger partial charge on any atom is 0.337 e. The molecule has 2 aromatic carbocycles. The summed E-state index contributed by atoms with van der Waals surface area (Å²) in [7, 11) is 0. The van der Waals surface area contributed by atoms with E-state index in [1.54, 1.807) is 12.1 Å². The highest BCUT2D eigenvalue weighted by Gasteiger charge is 2.21. The minimum Gasteiger partial charge on any atom is -0.324 e. The van der Waals surface area contributed by atoms with Crippen LogP contribution in [0.15, 0.2) is 56.4 Å². The molecule has 4 aromatic rings. The van der Waals surface area contributed by atoms with Crippen LogP contribution in [0.25, 0.3) is 16.0 Å². The minimum absolute atomic E-state index is 0.234. The third kappa shape index (κ3) is 4.38. The number of amides is 1. The van der Waals surface area contributed by atoms with Crippen LogP contribution in [-0.4, -0.2) is 26.3 Å². The Labute approximate surface area is 199 Å². The van der Waals surface area contributed by atoms with E-state index in [4.69, 9.17) is 0 Å². The second-order valence-corrected chi connectivity index (χ2v) is 9.73. The minimum atomic E-state index is -0.591. The van der Waals surface area contributed by atoms with Crippen molar-refractivity contribution in [2.45, 2.75) is 38.1 Å². The topological polar surface area (TPSA) is 86.0 Å². The SMILES string of the molecule is CCc1ccc(-n2c(=O)c3sc(SC)nc3n(CC(=O)Nc3c(C)cccc3C)c2=O)cc1. The molecule has 2 heterocycles. The van der Waals surface area contributed by atoms with E-state index in [1.807, 2.05) is 57.4 Å². The van der Waals surface area contributed by atoms with Gasteiger partial charge in [-0.15, -0.1) is 11.3 Å². The van der Waals surface area contributed by atoms with Gasteiger partial charge in [-0.05, 0) is 55.3 Å². The fraction of sp³-hybridized carbons (Fsp3) is 0.250. The van der Waals surface area contributed by atoms with E-state index in [0.717, 1.165) is 33.4 Å². The number of nitrogens with zero attached hydrogens (tertiary/aromatic N) is 3. The highest BCUT2D eigenvalue weighted by Crippen LogP contribution is 2.26. The fourth-order valence-corrected chi connectivity index (χ4v) is 5.18. The van der Waals surface area contributed by atoms with E-state index >= 15 is 0 Å². The number of nitrogens with one attached hydrogen (secondary N) is 1. The first-order valence-corrected chi connectivity index (χ1v) is 12.5. The van der Waals surface area contributed by atoms with E-state index in [-0.39, 0.29) is 18.1 Å². The lowest BCUT2D eigenvalue weighted by molar-refractivity contribution is -0.116. The molecule has 1 N–H and O–H groups in total. The molecule has 0 saturated heterocycles. The van der Waals surface area contributed by atoms with Crippen molar-refractivity contribution in [1.29, 1.82) is 0 Å². The standard InChI is InChI=1S/C24H24N4O3S2/c1-5-16-9-11-17(12-10-16)28-22(30)20-21(26-23(32-4)33-20)27(24(28)31)13-18(29)25-19-14(2)7-6-8-15(19)3/h6-12H,5,13H2,1-4H3,(H,25,29). The lowest BCUT2D eigenvalue weighted by atomic mass is 10.1. The number of fused-ring (bicyclic) bond motifs is 1. The second kappa shape index (κ2) is 9.36. The fourth-order valence-electron chi connectivity index (χ4n) is 3.69. The molecule has 9 heteroatoms. The Morgan fingerprint density at radius 2 is 1.76 bits per heavy atom. The van der Waals surface area contributed by atoms with Crippen molar-refractivity contribution in [1.82, 2.24) is 14.1 Å². The van der Waals surface area contributed by atoms with Gasteiger partial charge in [-0.2, -0.15) is 0 Å². The number of anilines is 1. The average molecular weight is 481 g/mol. The third-order valence-corrected chi connectivity index (χ3v) is 7.51. The molecule has 33 heavy (non-hydrogen) atoms. The van der Waals surface area contributed by atoms with Gasteiger partial charge >= 0.3 is 5.69 Å². The van der Waals surface area contributed by atoms with Gasteiger partial charge in [0.15, 0.2) is 9.99 Å². The smallest absolute Gasteiger partial charge is 0.324 e. The van der Waals surface area contributed by atoms with Crippen LogP contribution in [0.2, 0.25) is 0 Å². The summed E-state index contributed by atoms with van der Waals surface area (Å²) < 4.78 is 3.41. The van der Waals surface area contributed by atoms with E-state index < -0.39 is 11.2 Å². The molecule has 0 fully saturated rings. The van der Waals surface area contributed by atoms with Crippen LogP contribution in [0.1, 0.15) is 23.6 Å². The van der Waals surface area contributed by atoms with Crippen molar-refractivity contribution in [2.75, 3.05) is 11.6 Å². The average Bonchev–Trinajstić information content (AvgIpc) is 3.25. The van der Waals surface area contributed by atoms with Gasteiger partial charge < -0.3 is 5.32 Å². The van der Waals surface area contributed by atoms with Crippen LogP contribution in [0.5, 0.6) is 0 Å². The number of benzene rings is 2. The molecule has 0 bridgehead atoms. The van der Waals surface area contributed by atoms with Crippen molar-refractivity contribution in [2.24, 2.45) is 0 Å². The monoisotopic (exact) mass is 480 g/mol. The number of thioether (sulfide) groups is 1. The first-order chi connectivity index (χ1) is 15.8. The normalized spacial score (nSPS) is 11.2. The van der Waals surface area contributed by atoms with Gasteiger partial charge in [0.1, 0.15) is 11.2 Å². The molecule has 0 spiro atoms. The Kier molecular flexibility index (Phi) is 6.53. The van der Waals surface area contributed by atoms with Crippen LogP contribution < -0.4 is 16.6 Å². The number of rotatable bonds is 6. The zero-order valence-corrected chi connectivity index (χ0v) is 20.5. The third-order valence-electron chi connectivity index (χ3n) is 5.49. The second-order valence-electron chi connectivity index (χ2n) is 7.68. The van der Waals surface area contributed by atoms with Gasteiger partial charge in [-0.3, -0.25) is 14.2 Å². The lowest BCUT2D eigenvalue weighted by Crippen LogP contribution is -2.40. The molecule has 170 valence electrons. The molecule has 4 rings (SSSR count). The molecule has 0 aliphatic rings. The van der Waals surface area contributed by atoms with Gasteiger partial charge in [0.05, 0.1) is 5.69 Å². The zero-order chi connectivity index (χ0) is 23.7. The van der Waals surface area contributed by atoms with Crippen LogP contribution in [0.4, 0.5) is 5.69 Å². The summed E-state index contributed by atoms with van der Waals surface area (Å²) in [6.45, 7) is 5.61. The summed E-state index contributed by atoms with van der Waals surface area (Å²) in [5, 5.41) is 2.91. The molecular formula is C24H24N4O3S2. The van der Waals surface area contributed by atoms with Crippen molar-refractivity contribution < 1.29 is 4.79 Å². The van der Waals surface area contributed by atoms with Gasteiger partial charge in [-0.1, -0.05) is 49.0 Å². The Bertz CT molecular complexity index is 1450. The number of hydrogen-bond acceptors (Lipinski definition) is 6. The molecular weight excluding hydrogens is 456 g/mol. The molecule has 7 nitrogen and oxygen atoms in total. The van der Waals surface area contributed by atoms with Gasteiger partial charge in [0.2, 0.25) is 5.91 Å². The highest BCUT2D eigenvalue weighted by atomic mass is 32.2. The number of hydrogen-bond donors (Lipinski definition) is 1. The number of para-hydroxylation sites is 1. The predicted molar refractivity (Wildman–Crippen MR) is 135 cm³/mol. The molecule has 0 radical (unpaired) electrons. The first-order valence-electron chi connectivity index (χ1n) is 10.5. The van der Waals surface area contributed by atoms with Crippen molar-refractivity contribution in [3.8, 4) is 5.69 Å². The van der Waals surface area contributed by atoms with Crippen LogP contribution >= 0.6 is 23.1 Å². The molecule has 0 aliphatic heterocycles. The van der Waals surface area contributed by atoms with Gasteiger partial charge in [0, 0.05) is 5.69 Å². The number of carbonyl (C=O) groups excluding carboxylic acids is 1. The number of aryl methyl sites for hydroxylation is 3. The maximum absolute atomic E-state index is 13.5. The summed E-state index contributed by atoms with van der Waals surface area (Å²) in [4.78, 5) is 44.2. The van der Waals surface area contributed by atoms with Crippen molar-refractivity contribution >= 4 is 45.0 Å². The largest absolute Gasteiger partial charge is 0.337 e. The maximum atomic E-state index is 13.5. The Morgan fingerprint density at radius 3 is 2.36 bits per heavy atom. The van der Waals surface area contributed by atoms with Gasteiger partial charge in [0.25, 0.3) is 5.56 Å². The summed E-state index contributed by atoms with van der Waals surface area (Å²) in [5.74, 6) is -0.360. The van der Waals surface area contributed by atoms with E-state index in [9.17, 15) is 14.4 Å². The zero-order valence-electron chi connectivity index (χ0n) is 18.8.